The summed E-state index contributed by atoms with van der Waals surface area (Å²) in [4.78, 5) is 46.4. The number of carbonyl (C=O) groups excluding carboxylic acids is 2. The molecule has 0 aliphatic carbocycles. The van der Waals surface area contributed by atoms with E-state index in [0.29, 0.717) is 6.54 Å². The maximum absolute atomic E-state index is 13.1. The highest BCUT2D eigenvalue weighted by Crippen LogP contribution is 2.29. The fourth-order valence-electron chi connectivity index (χ4n) is 3.35. The molecule has 2 aromatic heterocycles. The predicted molar refractivity (Wildman–Crippen MR) is 106 cm³/mol. The molecule has 9 heteroatoms. The molecular weight excluding hydrogens is 372 g/mol. The van der Waals surface area contributed by atoms with Crippen molar-refractivity contribution in [1.82, 2.24) is 25.1 Å². The van der Waals surface area contributed by atoms with E-state index in [-0.39, 0.29) is 17.4 Å². The molecule has 3 aromatic rings. The van der Waals surface area contributed by atoms with E-state index < -0.39 is 17.0 Å². The van der Waals surface area contributed by atoms with Crippen LogP contribution in [0, 0.1) is 0 Å². The number of carbonyl (C=O) groups is 2. The van der Waals surface area contributed by atoms with Crippen LogP contribution in [0.3, 0.4) is 0 Å². The fraction of sp³-hybridized carbons (Fsp3) is 0.250. The lowest BCUT2D eigenvalue weighted by molar-refractivity contribution is -0.123. The van der Waals surface area contributed by atoms with E-state index >= 15 is 0 Å². The second-order valence-corrected chi connectivity index (χ2v) is 7.31. The van der Waals surface area contributed by atoms with Crippen molar-refractivity contribution in [2.24, 2.45) is 0 Å². The molecule has 4 rings (SSSR count). The predicted octanol–water partition coefficient (Wildman–Crippen LogP) is 1.05. The molecule has 148 valence electrons. The molecule has 2 N–H and O–H groups in total. The molecule has 2 amide bonds. The van der Waals surface area contributed by atoms with Gasteiger partial charge in [-0.25, -0.2) is 9.67 Å². The number of hydrogen-bond acceptors (Lipinski definition) is 5. The van der Waals surface area contributed by atoms with Crippen molar-refractivity contribution in [2.75, 3.05) is 11.4 Å². The van der Waals surface area contributed by atoms with Gasteiger partial charge in [-0.05, 0) is 38.0 Å². The van der Waals surface area contributed by atoms with E-state index in [9.17, 15) is 14.4 Å². The maximum atomic E-state index is 13.1. The Bertz CT molecular complexity index is 1130. The molecule has 0 radical (unpaired) electrons. The fourth-order valence-corrected chi connectivity index (χ4v) is 3.35. The van der Waals surface area contributed by atoms with Gasteiger partial charge in [0.1, 0.15) is 11.1 Å². The number of hydrogen-bond donors (Lipinski definition) is 2. The van der Waals surface area contributed by atoms with Gasteiger partial charge in [0.2, 0.25) is 5.95 Å². The first kappa shape index (κ1) is 18.6. The van der Waals surface area contributed by atoms with Crippen LogP contribution in [-0.4, -0.2) is 43.6 Å². The van der Waals surface area contributed by atoms with Crippen molar-refractivity contribution in [1.29, 1.82) is 0 Å². The molecule has 1 aromatic carbocycles. The van der Waals surface area contributed by atoms with Gasteiger partial charge in [-0.1, -0.05) is 18.2 Å². The Morgan fingerprint density at radius 3 is 2.72 bits per heavy atom. The molecule has 9 nitrogen and oxygen atoms in total. The molecule has 0 fully saturated rings. The van der Waals surface area contributed by atoms with E-state index in [2.05, 4.69) is 20.4 Å². The maximum Gasteiger partial charge on any atom is 0.265 e. The van der Waals surface area contributed by atoms with E-state index in [1.54, 1.807) is 37.2 Å². The number of nitrogens with zero attached hydrogens (tertiary/aromatic N) is 4. The Morgan fingerprint density at radius 2 is 2.00 bits per heavy atom. The van der Waals surface area contributed by atoms with Gasteiger partial charge < -0.3 is 10.2 Å². The van der Waals surface area contributed by atoms with Crippen LogP contribution in [0.15, 0.2) is 53.7 Å². The van der Waals surface area contributed by atoms with E-state index in [1.807, 2.05) is 24.3 Å². The lowest BCUT2D eigenvalue weighted by Gasteiger charge is -2.30. The van der Waals surface area contributed by atoms with Crippen LogP contribution in [0.25, 0.3) is 5.95 Å². The minimum atomic E-state index is -1.21. The van der Waals surface area contributed by atoms with E-state index in [4.69, 9.17) is 0 Å². The lowest BCUT2D eigenvalue weighted by Crippen LogP contribution is -2.56. The SMILES string of the molecule is CC(C)(NC(=O)c1cnc(-n2cccn2)[nH]c1=O)C(=O)N1CCc2ccccc21. The van der Waals surface area contributed by atoms with Crippen LogP contribution in [0.4, 0.5) is 5.69 Å². The molecule has 1 aliphatic heterocycles. The average Bonchev–Trinajstić information content (AvgIpc) is 3.37. The van der Waals surface area contributed by atoms with Crippen molar-refractivity contribution in [2.45, 2.75) is 25.8 Å². The monoisotopic (exact) mass is 392 g/mol. The molecule has 0 saturated carbocycles. The highest BCUT2D eigenvalue weighted by atomic mass is 16.2. The number of fused-ring (bicyclic) bond motifs is 1. The Morgan fingerprint density at radius 1 is 1.21 bits per heavy atom. The molecule has 0 saturated heterocycles. The smallest absolute Gasteiger partial charge is 0.265 e. The standard InChI is InChI=1S/C20H20N6O3/c1-20(2,18(29)25-11-8-13-6-3-4-7-15(13)25)24-17(28)14-12-21-19(23-16(14)27)26-10-5-9-22-26/h3-7,9-10,12H,8,11H2,1-2H3,(H,24,28)(H,21,23,27). The van der Waals surface area contributed by atoms with Gasteiger partial charge in [-0.2, -0.15) is 5.10 Å². The minimum Gasteiger partial charge on any atom is -0.338 e. The highest BCUT2D eigenvalue weighted by molar-refractivity contribution is 6.05. The summed E-state index contributed by atoms with van der Waals surface area (Å²) in [5.74, 6) is -0.717. The summed E-state index contributed by atoms with van der Waals surface area (Å²) in [6.45, 7) is 3.79. The zero-order valence-electron chi connectivity index (χ0n) is 16.0. The van der Waals surface area contributed by atoms with Gasteiger partial charge in [0, 0.05) is 30.8 Å². The van der Waals surface area contributed by atoms with Crippen LogP contribution < -0.4 is 15.8 Å². The number of nitrogens with one attached hydrogen (secondary N) is 2. The second-order valence-electron chi connectivity index (χ2n) is 7.31. The summed E-state index contributed by atoms with van der Waals surface area (Å²) in [6, 6.07) is 9.38. The molecule has 0 spiro atoms. The first-order valence-electron chi connectivity index (χ1n) is 9.18. The van der Waals surface area contributed by atoms with Crippen molar-refractivity contribution in [3.8, 4) is 5.95 Å². The zero-order valence-corrected chi connectivity index (χ0v) is 16.0. The third kappa shape index (κ3) is 3.42. The first-order chi connectivity index (χ1) is 13.9. The molecular formula is C20H20N6O3. The summed E-state index contributed by atoms with van der Waals surface area (Å²) in [6.07, 6.45) is 5.11. The molecule has 3 heterocycles. The third-order valence-electron chi connectivity index (χ3n) is 4.84. The van der Waals surface area contributed by atoms with Crippen molar-refractivity contribution < 1.29 is 9.59 Å². The summed E-state index contributed by atoms with van der Waals surface area (Å²) in [5, 5.41) is 6.64. The van der Waals surface area contributed by atoms with Crippen molar-refractivity contribution in [3.05, 3.63) is 70.4 Å². The zero-order chi connectivity index (χ0) is 20.6. The Labute approximate surface area is 166 Å². The number of aromatic nitrogens is 4. The average molecular weight is 392 g/mol. The topological polar surface area (TPSA) is 113 Å². The van der Waals surface area contributed by atoms with Crippen LogP contribution >= 0.6 is 0 Å². The third-order valence-corrected chi connectivity index (χ3v) is 4.84. The first-order valence-corrected chi connectivity index (χ1v) is 9.18. The lowest BCUT2D eigenvalue weighted by atomic mass is 10.0. The van der Waals surface area contributed by atoms with Gasteiger partial charge in [0.25, 0.3) is 17.4 Å². The van der Waals surface area contributed by atoms with Crippen molar-refractivity contribution in [3.63, 3.8) is 0 Å². The number of amides is 2. The quantitative estimate of drug-likeness (QED) is 0.689. The molecule has 0 atom stereocenters. The largest absolute Gasteiger partial charge is 0.338 e. The van der Waals surface area contributed by atoms with E-state index in [1.165, 1.54) is 10.9 Å². The highest BCUT2D eigenvalue weighted by Gasteiger charge is 2.37. The van der Waals surface area contributed by atoms with Crippen LogP contribution in [0.1, 0.15) is 29.8 Å². The number of H-pyrrole nitrogens is 1. The number of para-hydroxylation sites is 1. The van der Waals surface area contributed by atoms with Gasteiger partial charge in [-0.3, -0.25) is 19.4 Å². The normalized spacial score (nSPS) is 13.2. The number of rotatable bonds is 4. The Balaban J connectivity index is 1.53. The molecule has 0 unspecified atom stereocenters. The van der Waals surface area contributed by atoms with Crippen LogP contribution in [0.2, 0.25) is 0 Å². The number of aromatic amines is 1. The minimum absolute atomic E-state index is 0.177. The van der Waals surface area contributed by atoms with Gasteiger partial charge in [-0.15, -0.1) is 0 Å². The van der Waals surface area contributed by atoms with Crippen molar-refractivity contribution >= 4 is 17.5 Å². The summed E-state index contributed by atoms with van der Waals surface area (Å²) >= 11 is 0. The second kappa shape index (κ2) is 7.01. The Hall–Kier alpha value is -3.75. The van der Waals surface area contributed by atoms with Gasteiger partial charge in [0.15, 0.2) is 0 Å². The number of benzene rings is 1. The van der Waals surface area contributed by atoms with Gasteiger partial charge in [0.05, 0.1) is 0 Å². The molecule has 1 aliphatic rings. The van der Waals surface area contributed by atoms with E-state index in [0.717, 1.165) is 17.7 Å². The Kier molecular flexibility index (Phi) is 4.50. The molecule has 0 bridgehead atoms. The summed E-state index contributed by atoms with van der Waals surface area (Å²) in [7, 11) is 0. The van der Waals surface area contributed by atoms with Crippen LogP contribution in [-0.2, 0) is 11.2 Å². The van der Waals surface area contributed by atoms with Crippen LogP contribution in [0.5, 0.6) is 0 Å². The molecule has 29 heavy (non-hydrogen) atoms. The summed E-state index contributed by atoms with van der Waals surface area (Å²) in [5.41, 5.74) is -0.0520. The van der Waals surface area contributed by atoms with Gasteiger partial charge >= 0.3 is 0 Å². The number of anilines is 1. The summed E-state index contributed by atoms with van der Waals surface area (Å²) < 4.78 is 1.38.